The van der Waals surface area contributed by atoms with Gasteiger partial charge in [-0.05, 0) is 48.4 Å². The molecule has 5 nitrogen and oxygen atoms in total. The zero-order valence-corrected chi connectivity index (χ0v) is 17.7. The van der Waals surface area contributed by atoms with Crippen molar-refractivity contribution in [2.24, 2.45) is 4.36 Å². The highest BCUT2D eigenvalue weighted by Gasteiger charge is 2.52. The van der Waals surface area contributed by atoms with Crippen LogP contribution in [0.1, 0.15) is 34.5 Å². The van der Waals surface area contributed by atoms with Crippen LogP contribution in [0, 0.1) is 0 Å². The van der Waals surface area contributed by atoms with Gasteiger partial charge < -0.3 is 4.90 Å². The molecular weight excluding hydrogens is 416 g/mol. The number of hydrogen-bond donors (Lipinski definition) is 0. The molecule has 1 atom stereocenters. The number of carbonyl (C=O) groups is 2. The zero-order chi connectivity index (χ0) is 19.8. The molecule has 0 bridgehead atoms. The maximum Gasteiger partial charge on any atom is 0.264 e. The van der Waals surface area contributed by atoms with E-state index in [1.165, 1.54) is 11.3 Å². The van der Waals surface area contributed by atoms with Crippen molar-refractivity contribution in [2.45, 2.75) is 24.7 Å². The van der Waals surface area contributed by atoms with Gasteiger partial charge in [0.25, 0.3) is 11.8 Å². The average molecular weight is 437 g/mol. The minimum Gasteiger partial charge on any atom is -0.337 e. The summed E-state index contributed by atoms with van der Waals surface area (Å²) in [6.45, 7) is 0.896. The van der Waals surface area contributed by atoms with Crippen LogP contribution in [0.2, 0.25) is 5.02 Å². The van der Waals surface area contributed by atoms with Crippen molar-refractivity contribution in [1.82, 2.24) is 4.90 Å². The van der Waals surface area contributed by atoms with E-state index >= 15 is 0 Å². The lowest BCUT2D eigenvalue weighted by atomic mass is 9.95. The highest BCUT2D eigenvalue weighted by molar-refractivity contribution is 7.93. The van der Waals surface area contributed by atoms with Gasteiger partial charge in [-0.15, -0.1) is 11.3 Å². The van der Waals surface area contributed by atoms with Crippen LogP contribution < -0.4 is 0 Å². The maximum absolute atomic E-state index is 13.3. The molecule has 2 aromatic rings. The molecule has 2 amide bonds. The molecular formula is C20H21ClN2O3S2. The number of thiophene rings is 1. The van der Waals surface area contributed by atoms with Gasteiger partial charge in [0, 0.05) is 29.6 Å². The van der Waals surface area contributed by atoms with E-state index in [2.05, 4.69) is 4.36 Å². The fourth-order valence-corrected chi connectivity index (χ4v) is 6.40. The molecule has 1 aliphatic heterocycles. The minimum absolute atomic E-state index is 0.0393. The van der Waals surface area contributed by atoms with E-state index in [0.29, 0.717) is 48.0 Å². The van der Waals surface area contributed by atoms with Crippen LogP contribution in [-0.2, 0) is 19.9 Å². The molecule has 0 radical (unpaired) electrons. The lowest BCUT2D eigenvalue weighted by Crippen LogP contribution is -2.33. The maximum atomic E-state index is 13.3. The number of halogens is 1. The third kappa shape index (κ3) is 3.88. The predicted molar refractivity (Wildman–Crippen MR) is 113 cm³/mol. The summed E-state index contributed by atoms with van der Waals surface area (Å²) in [6, 6.07) is 10.9. The molecule has 1 aliphatic carbocycles. The summed E-state index contributed by atoms with van der Waals surface area (Å²) in [5.41, 5.74) is 0.175. The van der Waals surface area contributed by atoms with Crippen LogP contribution in [-0.4, -0.2) is 45.5 Å². The third-order valence-corrected chi connectivity index (χ3v) is 8.72. The molecule has 1 saturated carbocycles. The lowest BCUT2D eigenvalue weighted by Gasteiger charge is -2.18. The Morgan fingerprint density at radius 1 is 1.14 bits per heavy atom. The second-order valence-corrected chi connectivity index (χ2v) is 11.2. The summed E-state index contributed by atoms with van der Waals surface area (Å²) in [4.78, 5) is 27.9. The normalized spacial score (nSPS) is 23.7. The number of rotatable bonds is 3. The van der Waals surface area contributed by atoms with Crippen molar-refractivity contribution in [1.29, 1.82) is 0 Å². The van der Waals surface area contributed by atoms with Gasteiger partial charge in [0.2, 0.25) is 0 Å². The quantitative estimate of drug-likeness (QED) is 0.731. The molecule has 1 aromatic carbocycles. The predicted octanol–water partition coefficient (Wildman–Crippen LogP) is 3.97. The standard InChI is InChI=1S/C20H21ClN2O3S2/c21-16-5-1-4-15(14-16)20(7-8-20)19(25)22-28(26)12-3-9-23(10-13-28)18(24)17-6-2-11-27-17/h1-2,4-6,11,14H,3,7-10,12-13H2. The Bertz CT molecular complexity index is 1020. The van der Waals surface area contributed by atoms with Crippen molar-refractivity contribution in [2.75, 3.05) is 24.6 Å². The first kappa shape index (κ1) is 19.6. The van der Waals surface area contributed by atoms with E-state index in [4.69, 9.17) is 11.6 Å². The van der Waals surface area contributed by atoms with Crippen LogP contribution in [0.5, 0.6) is 0 Å². The Morgan fingerprint density at radius 2 is 1.96 bits per heavy atom. The molecule has 0 N–H and O–H groups in total. The molecule has 2 aliphatic rings. The van der Waals surface area contributed by atoms with E-state index < -0.39 is 15.1 Å². The van der Waals surface area contributed by atoms with Crippen molar-refractivity contribution >= 4 is 44.5 Å². The fraction of sp³-hybridized carbons (Fsp3) is 0.400. The summed E-state index contributed by atoms with van der Waals surface area (Å²) in [7, 11) is -2.67. The summed E-state index contributed by atoms with van der Waals surface area (Å²) >= 11 is 7.48. The number of benzene rings is 1. The molecule has 1 saturated heterocycles. The van der Waals surface area contributed by atoms with Gasteiger partial charge >= 0.3 is 0 Å². The van der Waals surface area contributed by atoms with E-state index in [0.717, 1.165) is 5.56 Å². The molecule has 4 rings (SSSR count). The van der Waals surface area contributed by atoms with Gasteiger partial charge in [-0.25, -0.2) is 4.21 Å². The Hall–Kier alpha value is -1.70. The topological polar surface area (TPSA) is 66.8 Å². The van der Waals surface area contributed by atoms with Gasteiger partial charge in [-0.1, -0.05) is 29.8 Å². The molecule has 1 unspecified atom stereocenters. The van der Waals surface area contributed by atoms with Crippen molar-refractivity contribution in [3.8, 4) is 0 Å². The number of amides is 2. The third-order valence-electron chi connectivity index (χ3n) is 5.38. The molecule has 2 heterocycles. The Morgan fingerprint density at radius 3 is 2.64 bits per heavy atom. The Balaban J connectivity index is 1.52. The van der Waals surface area contributed by atoms with E-state index in [1.54, 1.807) is 23.1 Å². The second kappa shape index (κ2) is 7.61. The van der Waals surface area contributed by atoms with Crippen LogP contribution in [0.25, 0.3) is 0 Å². The van der Waals surface area contributed by atoms with Crippen LogP contribution in [0.3, 0.4) is 0 Å². The van der Waals surface area contributed by atoms with E-state index in [-0.39, 0.29) is 17.6 Å². The summed E-state index contributed by atoms with van der Waals surface area (Å²) in [5.74, 6) is 0.237. The first-order chi connectivity index (χ1) is 13.4. The fourth-order valence-electron chi connectivity index (χ4n) is 3.57. The molecule has 2 fully saturated rings. The van der Waals surface area contributed by atoms with Crippen molar-refractivity contribution in [3.63, 3.8) is 0 Å². The Labute approximate surface area is 173 Å². The summed E-state index contributed by atoms with van der Waals surface area (Å²) in [6.07, 6.45) is 1.99. The summed E-state index contributed by atoms with van der Waals surface area (Å²) < 4.78 is 17.5. The Kier molecular flexibility index (Phi) is 5.33. The molecule has 8 heteroatoms. The molecule has 1 aromatic heterocycles. The average Bonchev–Trinajstić information content (AvgIpc) is 3.36. The monoisotopic (exact) mass is 436 g/mol. The zero-order valence-electron chi connectivity index (χ0n) is 15.3. The van der Waals surface area contributed by atoms with Crippen molar-refractivity contribution in [3.05, 3.63) is 57.2 Å². The molecule has 0 spiro atoms. The first-order valence-electron chi connectivity index (χ1n) is 9.28. The lowest BCUT2D eigenvalue weighted by molar-refractivity contribution is -0.120. The smallest absolute Gasteiger partial charge is 0.264 e. The SMILES string of the molecule is O=C(c1cccs1)N1CCCS(=O)(=NC(=O)C2(c3cccc(Cl)c3)CC2)CC1. The van der Waals surface area contributed by atoms with Crippen molar-refractivity contribution < 1.29 is 13.8 Å². The minimum atomic E-state index is -2.67. The highest BCUT2D eigenvalue weighted by atomic mass is 35.5. The first-order valence-corrected chi connectivity index (χ1v) is 12.4. The highest BCUT2D eigenvalue weighted by Crippen LogP contribution is 2.50. The largest absolute Gasteiger partial charge is 0.337 e. The van der Waals surface area contributed by atoms with E-state index in [1.807, 2.05) is 23.6 Å². The van der Waals surface area contributed by atoms with Gasteiger partial charge in [0.05, 0.1) is 20.0 Å². The molecule has 28 heavy (non-hydrogen) atoms. The number of nitrogens with zero attached hydrogens (tertiary/aromatic N) is 2. The summed E-state index contributed by atoms with van der Waals surface area (Å²) in [5, 5.41) is 2.45. The van der Waals surface area contributed by atoms with Gasteiger partial charge in [0.1, 0.15) is 0 Å². The van der Waals surface area contributed by atoms with Gasteiger partial charge in [-0.3, -0.25) is 9.59 Å². The number of hydrogen-bond acceptors (Lipinski definition) is 4. The second-order valence-electron chi connectivity index (χ2n) is 7.29. The van der Waals surface area contributed by atoms with Crippen LogP contribution >= 0.6 is 22.9 Å². The van der Waals surface area contributed by atoms with Crippen LogP contribution in [0.4, 0.5) is 0 Å². The van der Waals surface area contributed by atoms with Gasteiger partial charge in [-0.2, -0.15) is 4.36 Å². The van der Waals surface area contributed by atoms with Crippen LogP contribution in [0.15, 0.2) is 46.1 Å². The molecule has 148 valence electrons. The van der Waals surface area contributed by atoms with E-state index in [9.17, 15) is 13.8 Å². The number of carbonyl (C=O) groups excluding carboxylic acids is 2. The van der Waals surface area contributed by atoms with Gasteiger partial charge in [0.15, 0.2) is 0 Å².